The van der Waals surface area contributed by atoms with Crippen LogP contribution in [-0.4, -0.2) is 41.2 Å². The average molecular weight is 425 g/mol. The first kappa shape index (κ1) is 21.1. The van der Waals surface area contributed by atoms with Crippen LogP contribution >= 0.6 is 0 Å². The maximum absolute atomic E-state index is 12.3. The highest BCUT2D eigenvalue weighted by Gasteiger charge is 2.16. The van der Waals surface area contributed by atoms with Crippen molar-refractivity contribution in [2.24, 2.45) is 0 Å². The minimum Gasteiger partial charge on any atom is -0.291 e. The van der Waals surface area contributed by atoms with Crippen molar-refractivity contribution >= 4 is 5.78 Å². The summed E-state index contributed by atoms with van der Waals surface area (Å²) < 4.78 is 1.75. The van der Waals surface area contributed by atoms with Gasteiger partial charge in [0.25, 0.3) is 0 Å². The molecule has 2 aromatic carbocycles. The number of aromatic amines is 1. The van der Waals surface area contributed by atoms with Gasteiger partial charge in [-0.3, -0.25) is 4.79 Å². The molecule has 8 heteroatoms. The molecule has 0 fully saturated rings. The van der Waals surface area contributed by atoms with Crippen molar-refractivity contribution in [2.75, 3.05) is 0 Å². The lowest BCUT2D eigenvalue weighted by atomic mass is 9.98. The fraction of sp³-hybridized carbons (Fsp3) is 0.250. The topological polar surface area (TPSA) is 102 Å². The predicted molar refractivity (Wildman–Crippen MR) is 121 cm³/mol. The van der Waals surface area contributed by atoms with Gasteiger partial charge in [-0.1, -0.05) is 55.5 Å². The van der Waals surface area contributed by atoms with Gasteiger partial charge in [0, 0.05) is 24.8 Å². The van der Waals surface area contributed by atoms with Gasteiger partial charge in [0.2, 0.25) is 17.4 Å². The first-order valence-corrected chi connectivity index (χ1v) is 10.5. The molecule has 0 bridgehead atoms. The molecule has 0 saturated heterocycles. The molecule has 160 valence electrons. The third-order valence-electron chi connectivity index (χ3n) is 5.08. The first-order valence-electron chi connectivity index (χ1n) is 10.5. The van der Waals surface area contributed by atoms with E-state index in [1.54, 1.807) is 4.68 Å². The fourth-order valence-corrected chi connectivity index (χ4v) is 3.50. The number of ketones is 1. The average Bonchev–Trinajstić information content (AvgIpc) is 3.49. The van der Waals surface area contributed by atoms with Crippen LogP contribution in [0.5, 0.6) is 0 Å². The Labute approximate surface area is 186 Å². The Morgan fingerprint density at radius 2 is 1.91 bits per heavy atom. The zero-order chi connectivity index (χ0) is 22.3. The highest BCUT2D eigenvalue weighted by Crippen LogP contribution is 2.30. The van der Waals surface area contributed by atoms with Crippen LogP contribution in [0.3, 0.4) is 0 Å². The maximum Gasteiger partial charge on any atom is 0.217 e. The van der Waals surface area contributed by atoms with Gasteiger partial charge in [-0.15, -0.1) is 27.6 Å². The molecule has 0 unspecified atom stereocenters. The molecule has 8 nitrogen and oxygen atoms in total. The molecule has 0 aliphatic heterocycles. The largest absolute Gasteiger partial charge is 0.291 e. The number of rotatable bonds is 9. The molecular weight excluding hydrogens is 402 g/mol. The molecule has 2 heterocycles. The van der Waals surface area contributed by atoms with E-state index < -0.39 is 0 Å². The summed E-state index contributed by atoms with van der Waals surface area (Å²) in [5, 5.41) is 18.8. The van der Waals surface area contributed by atoms with Gasteiger partial charge in [-0.2, -0.15) is 5.21 Å². The van der Waals surface area contributed by atoms with Crippen LogP contribution in [0.2, 0.25) is 0 Å². The Balaban J connectivity index is 1.59. The molecule has 0 atom stereocenters. The summed E-state index contributed by atoms with van der Waals surface area (Å²) in [6.07, 6.45) is 7.71. The second kappa shape index (κ2) is 9.79. The summed E-state index contributed by atoms with van der Waals surface area (Å²) in [4.78, 5) is 16.8. The summed E-state index contributed by atoms with van der Waals surface area (Å²) >= 11 is 0. The Kier molecular flexibility index (Phi) is 6.46. The number of carbonyl (C=O) groups is 1. The third-order valence-corrected chi connectivity index (χ3v) is 5.08. The minimum absolute atomic E-state index is 0.0402. The molecular formula is C24H23N7O. The number of aromatic nitrogens is 7. The smallest absolute Gasteiger partial charge is 0.217 e. The number of Topliss-reactive ketones (excluding diaryl/α,β-unsaturated/α-hetero) is 1. The van der Waals surface area contributed by atoms with Crippen molar-refractivity contribution < 1.29 is 4.79 Å². The zero-order valence-electron chi connectivity index (χ0n) is 17.8. The summed E-state index contributed by atoms with van der Waals surface area (Å²) in [6, 6.07) is 16.1. The first-order chi connectivity index (χ1) is 15.7. The normalized spacial score (nSPS) is 10.8. The van der Waals surface area contributed by atoms with E-state index in [0.29, 0.717) is 31.6 Å². The summed E-state index contributed by atoms with van der Waals surface area (Å²) in [5.74, 6) is 4.14. The van der Waals surface area contributed by atoms with E-state index in [1.807, 2.05) is 31.2 Å². The molecule has 0 amide bonds. The van der Waals surface area contributed by atoms with E-state index in [4.69, 9.17) is 6.42 Å². The molecule has 0 aliphatic rings. The van der Waals surface area contributed by atoms with E-state index in [2.05, 4.69) is 60.9 Å². The molecule has 2 aromatic heterocycles. The van der Waals surface area contributed by atoms with E-state index >= 15 is 0 Å². The van der Waals surface area contributed by atoms with Crippen molar-refractivity contribution in [3.63, 3.8) is 0 Å². The molecule has 0 radical (unpaired) electrons. The molecule has 4 aromatic rings. The van der Waals surface area contributed by atoms with Crippen LogP contribution in [-0.2, 0) is 13.0 Å². The molecule has 4 rings (SSSR count). The van der Waals surface area contributed by atoms with Gasteiger partial charge in [-0.25, -0.2) is 9.67 Å². The molecule has 1 N–H and O–H groups in total. The summed E-state index contributed by atoms with van der Waals surface area (Å²) in [7, 11) is 0. The van der Waals surface area contributed by atoms with Crippen LogP contribution in [0.15, 0.2) is 48.5 Å². The summed E-state index contributed by atoms with van der Waals surface area (Å²) in [5.41, 5.74) is 4.03. The fourth-order valence-electron chi connectivity index (χ4n) is 3.50. The number of tetrazole rings is 1. The van der Waals surface area contributed by atoms with Crippen LogP contribution in [0.4, 0.5) is 0 Å². The third kappa shape index (κ3) is 4.62. The number of terminal acetylenes is 1. The second-order valence-corrected chi connectivity index (χ2v) is 7.36. The predicted octanol–water partition coefficient (Wildman–Crippen LogP) is 3.72. The maximum atomic E-state index is 12.3. The van der Waals surface area contributed by atoms with E-state index in [1.165, 1.54) is 0 Å². The van der Waals surface area contributed by atoms with Crippen LogP contribution in [0.25, 0.3) is 22.5 Å². The highest BCUT2D eigenvalue weighted by molar-refractivity contribution is 5.92. The van der Waals surface area contributed by atoms with Crippen molar-refractivity contribution in [1.29, 1.82) is 0 Å². The van der Waals surface area contributed by atoms with Gasteiger partial charge in [-0.05, 0) is 28.3 Å². The Morgan fingerprint density at radius 3 is 2.59 bits per heavy atom. The number of benzene rings is 2. The SMILES string of the molecule is C#CCCn1nc(C(=O)CCC)nc1Cc1ccc(-c2ccccc2-c2nn[nH]n2)cc1. The number of carbonyl (C=O) groups excluding carboxylic acids is 1. The van der Waals surface area contributed by atoms with Crippen molar-refractivity contribution in [3.05, 3.63) is 65.7 Å². The van der Waals surface area contributed by atoms with E-state index in [9.17, 15) is 4.79 Å². The number of hydrogen-bond donors (Lipinski definition) is 1. The van der Waals surface area contributed by atoms with E-state index in [-0.39, 0.29) is 11.6 Å². The van der Waals surface area contributed by atoms with Gasteiger partial charge in [0.15, 0.2) is 0 Å². The van der Waals surface area contributed by atoms with Crippen molar-refractivity contribution in [3.8, 4) is 34.9 Å². The van der Waals surface area contributed by atoms with Gasteiger partial charge >= 0.3 is 0 Å². The standard InChI is InChI=1S/C24H23N7O/c1-3-5-15-31-22(25-24(28-31)21(32)8-4-2)16-17-11-13-18(14-12-17)19-9-6-7-10-20(19)23-26-29-30-27-23/h1,6-7,9-14H,4-5,8,15-16H2,2H3,(H,26,27,29,30). The number of H-pyrrole nitrogens is 1. The number of nitrogens with one attached hydrogen (secondary N) is 1. The quantitative estimate of drug-likeness (QED) is 0.324. The lowest BCUT2D eigenvalue weighted by molar-refractivity contribution is 0.0971. The lowest BCUT2D eigenvalue weighted by Gasteiger charge is -2.08. The Hall–Kier alpha value is -4.12. The van der Waals surface area contributed by atoms with Crippen molar-refractivity contribution in [2.45, 2.75) is 39.2 Å². The van der Waals surface area contributed by atoms with Crippen molar-refractivity contribution in [1.82, 2.24) is 35.4 Å². The van der Waals surface area contributed by atoms with Gasteiger partial charge in [0.1, 0.15) is 5.82 Å². The number of nitrogens with zero attached hydrogens (tertiary/aromatic N) is 6. The Morgan fingerprint density at radius 1 is 1.12 bits per heavy atom. The molecule has 0 aliphatic carbocycles. The monoisotopic (exact) mass is 425 g/mol. The van der Waals surface area contributed by atoms with Gasteiger partial charge in [0.05, 0.1) is 6.54 Å². The molecule has 32 heavy (non-hydrogen) atoms. The summed E-state index contributed by atoms with van der Waals surface area (Å²) in [6.45, 7) is 2.50. The van der Waals surface area contributed by atoms with Gasteiger partial charge < -0.3 is 0 Å². The van der Waals surface area contributed by atoms with Crippen LogP contribution in [0, 0.1) is 12.3 Å². The zero-order valence-corrected chi connectivity index (χ0v) is 17.8. The van der Waals surface area contributed by atoms with Crippen LogP contribution in [0.1, 0.15) is 48.2 Å². The number of aryl methyl sites for hydroxylation is 1. The second-order valence-electron chi connectivity index (χ2n) is 7.36. The minimum atomic E-state index is -0.0402. The Bertz CT molecular complexity index is 1230. The lowest BCUT2D eigenvalue weighted by Crippen LogP contribution is -2.07. The van der Waals surface area contributed by atoms with Crippen LogP contribution < -0.4 is 0 Å². The highest BCUT2D eigenvalue weighted by atomic mass is 16.1. The van der Waals surface area contributed by atoms with E-state index in [0.717, 1.165) is 34.5 Å². The molecule has 0 spiro atoms. The molecule has 0 saturated carbocycles. The number of hydrogen-bond acceptors (Lipinski definition) is 6.